The van der Waals surface area contributed by atoms with Gasteiger partial charge in [-0.05, 0) is 36.8 Å². The van der Waals surface area contributed by atoms with Crippen molar-refractivity contribution in [3.63, 3.8) is 0 Å². The lowest BCUT2D eigenvalue weighted by atomic mass is 9.75. The highest BCUT2D eigenvalue weighted by molar-refractivity contribution is 5.72. The lowest BCUT2D eigenvalue weighted by molar-refractivity contribution is -0.384. The lowest BCUT2D eigenvalue weighted by Crippen LogP contribution is -2.39. The summed E-state index contributed by atoms with van der Waals surface area (Å²) < 4.78 is 5.53. The molecule has 5 heteroatoms. The first-order chi connectivity index (χ1) is 10.5. The highest BCUT2D eigenvalue weighted by Crippen LogP contribution is 2.50. The third kappa shape index (κ3) is 2.34. The summed E-state index contributed by atoms with van der Waals surface area (Å²) in [6, 6.07) is 3.75. The molecule has 22 heavy (non-hydrogen) atoms. The van der Waals surface area contributed by atoms with Crippen LogP contribution in [0.3, 0.4) is 0 Å². The van der Waals surface area contributed by atoms with Gasteiger partial charge in [0, 0.05) is 12.0 Å². The van der Waals surface area contributed by atoms with Crippen LogP contribution in [0.5, 0.6) is 5.75 Å². The van der Waals surface area contributed by atoms with Crippen LogP contribution in [0.4, 0.5) is 11.4 Å². The molecule has 0 amide bonds. The van der Waals surface area contributed by atoms with Crippen molar-refractivity contribution in [2.45, 2.75) is 39.2 Å². The second-order valence-corrected chi connectivity index (χ2v) is 6.36. The molecule has 0 bridgehead atoms. The number of benzene rings is 1. The lowest BCUT2D eigenvalue weighted by Gasteiger charge is -2.39. The fourth-order valence-electron chi connectivity index (χ4n) is 3.75. The molecule has 0 radical (unpaired) electrons. The van der Waals surface area contributed by atoms with Gasteiger partial charge in [-0.15, -0.1) is 0 Å². The van der Waals surface area contributed by atoms with E-state index in [-0.39, 0.29) is 22.6 Å². The number of nitro groups is 1. The Kier molecular flexibility index (Phi) is 3.81. The smallest absolute Gasteiger partial charge is 0.296 e. The van der Waals surface area contributed by atoms with Crippen LogP contribution in [0.15, 0.2) is 24.3 Å². The van der Waals surface area contributed by atoms with Crippen LogP contribution in [0.25, 0.3) is 0 Å². The molecule has 1 aliphatic carbocycles. The summed E-state index contributed by atoms with van der Waals surface area (Å²) in [7, 11) is 0. The Balaban J connectivity index is 2.14. The van der Waals surface area contributed by atoms with Crippen molar-refractivity contribution in [2.24, 2.45) is 11.8 Å². The molecular formula is C17H22N2O3. The minimum Gasteiger partial charge on any atom is -0.494 e. The molecule has 1 N–H and O–H groups in total. The maximum absolute atomic E-state index is 11.5. The highest BCUT2D eigenvalue weighted by Gasteiger charge is 2.41. The number of anilines is 1. The van der Waals surface area contributed by atoms with E-state index >= 15 is 0 Å². The molecule has 1 aliphatic heterocycles. The number of nitro benzene ring substituents is 1. The SMILES string of the molecule is CCOc1cc2c(c([N+](=O)[O-])c1)N[C@@H](C(C)C)[C@@H]1CC=C[C@H]21. The van der Waals surface area contributed by atoms with Crippen molar-refractivity contribution < 1.29 is 9.66 Å². The molecule has 5 nitrogen and oxygen atoms in total. The number of hydrogen-bond donors (Lipinski definition) is 1. The third-order valence-electron chi connectivity index (χ3n) is 4.69. The van der Waals surface area contributed by atoms with E-state index in [1.54, 1.807) is 0 Å². The van der Waals surface area contributed by atoms with Crippen molar-refractivity contribution in [3.8, 4) is 5.75 Å². The first-order valence-corrected chi connectivity index (χ1v) is 7.91. The zero-order valence-corrected chi connectivity index (χ0v) is 13.2. The van der Waals surface area contributed by atoms with Crippen molar-refractivity contribution in [1.82, 2.24) is 0 Å². The molecule has 118 valence electrons. The fourth-order valence-corrected chi connectivity index (χ4v) is 3.75. The average Bonchev–Trinajstić information content (AvgIpc) is 2.95. The number of nitrogens with zero attached hydrogens (tertiary/aromatic N) is 1. The molecule has 0 fully saturated rings. The van der Waals surface area contributed by atoms with E-state index in [9.17, 15) is 10.1 Å². The quantitative estimate of drug-likeness (QED) is 0.516. The standard InChI is InChI=1S/C17H22N2O3/c1-4-22-11-8-14-12-6-5-7-13(12)16(10(2)3)18-17(14)15(9-11)19(20)21/h5-6,8-10,12-13,16,18H,4,7H2,1-3H3/t12-,13+,16-/m0/s1. The summed E-state index contributed by atoms with van der Waals surface area (Å²) in [5.41, 5.74) is 1.78. The predicted molar refractivity (Wildman–Crippen MR) is 86.5 cm³/mol. The number of allylic oxidation sites excluding steroid dienone is 2. The van der Waals surface area contributed by atoms with E-state index in [1.165, 1.54) is 6.07 Å². The first kappa shape index (κ1) is 14.9. The van der Waals surface area contributed by atoms with E-state index in [0.717, 1.165) is 12.0 Å². The fraction of sp³-hybridized carbons (Fsp3) is 0.529. The summed E-state index contributed by atoms with van der Waals surface area (Å²) in [6.45, 7) is 6.72. The van der Waals surface area contributed by atoms with Gasteiger partial charge in [-0.25, -0.2) is 0 Å². The predicted octanol–water partition coefficient (Wildman–Crippen LogP) is 4.10. The number of fused-ring (bicyclic) bond motifs is 3. The Labute approximate surface area is 130 Å². The van der Waals surface area contributed by atoms with Crippen LogP contribution in [0, 0.1) is 22.0 Å². The molecule has 1 heterocycles. The monoisotopic (exact) mass is 302 g/mol. The Hall–Kier alpha value is -2.04. The van der Waals surface area contributed by atoms with Crippen LogP contribution in [0.1, 0.15) is 38.7 Å². The van der Waals surface area contributed by atoms with E-state index in [0.29, 0.717) is 29.9 Å². The maximum Gasteiger partial charge on any atom is 0.296 e. The summed E-state index contributed by atoms with van der Waals surface area (Å²) in [6.07, 6.45) is 5.41. The minimum absolute atomic E-state index is 0.116. The zero-order valence-electron chi connectivity index (χ0n) is 13.2. The van der Waals surface area contributed by atoms with Crippen LogP contribution in [0.2, 0.25) is 0 Å². The van der Waals surface area contributed by atoms with E-state index < -0.39 is 0 Å². The molecule has 1 aromatic carbocycles. The Morgan fingerprint density at radius 1 is 1.45 bits per heavy atom. The summed E-state index contributed by atoms with van der Waals surface area (Å²) in [5.74, 6) is 1.70. The highest BCUT2D eigenvalue weighted by atomic mass is 16.6. The van der Waals surface area contributed by atoms with Crippen LogP contribution in [-0.4, -0.2) is 17.6 Å². The molecule has 1 aromatic rings. The van der Waals surface area contributed by atoms with Crippen molar-refractivity contribution in [2.75, 3.05) is 11.9 Å². The zero-order chi connectivity index (χ0) is 15.9. The normalized spacial score (nSPS) is 25.5. The molecule has 3 rings (SSSR count). The van der Waals surface area contributed by atoms with Crippen molar-refractivity contribution in [1.29, 1.82) is 0 Å². The third-order valence-corrected chi connectivity index (χ3v) is 4.69. The van der Waals surface area contributed by atoms with Gasteiger partial charge in [-0.3, -0.25) is 10.1 Å². The topological polar surface area (TPSA) is 64.4 Å². The average molecular weight is 302 g/mol. The molecule has 2 aliphatic rings. The van der Waals surface area contributed by atoms with Gasteiger partial charge < -0.3 is 10.1 Å². The van der Waals surface area contributed by atoms with Gasteiger partial charge in [0.1, 0.15) is 11.4 Å². The molecule has 0 aromatic heterocycles. The number of hydrogen-bond acceptors (Lipinski definition) is 4. The molecule has 0 saturated carbocycles. The summed E-state index contributed by atoms with van der Waals surface area (Å²) in [5, 5.41) is 14.9. The van der Waals surface area contributed by atoms with Gasteiger partial charge >= 0.3 is 0 Å². The summed E-state index contributed by atoms with van der Waals surface area (Å²) in [4.78, 5) is 11.2. The van der Waals surface area contributed by atoms with Gasteiger partial charge in [-0.2, -0.15) is 0 Å². The van der Waals surface area contributed by atoms with Crippen LogP contribution >= 0.6 is 0 Å². The van der Waals surface area contributed by atoms with Gasteiger partial charge in [0.2, 0.25) is 0 Å². The largest absolute Gasteiger partial charge is 0.494 e. The second-order valence-electron chi connectivity index (χ2n) is 6.36. The van der Waals surface area contributed by atoms with Crippen molar-refractivity contribution in [3.05, 3.63) is 40.0 Å². The van der Waals surface area contributed by atoms with E-state index in [1.807, 2.05) is 13.0 Å². The van der Waals surface area contributed by atoms with Crippen molar-refractivity contribution >= 4 is 11.4 Å². The Bertz CT molecular complexity index is 625. The molecule has 3 atom stereocenters. The van der Waals surface area contributed by atoms with Gasteiger partial charge in [-0.1, -0.05) is 26.0 Å². The first-order valence-electron chi connectivity index (χ1n) is 7.91. The Morgan fingerprint density at radius 3 is 2.86 bits per heavy atom. The molecule has 0 spiro atoms. The van der Waals surface area contributed by atoms with Gasteiger partial charge in [0.05, 0.1) is 17.6 Å². The molecular weight excluding hydrogens is 280 g/mol. The Morgan fingerprint density at radius 2 is 2.23 bits per heavy atom. The van der Waals surface area contributed by atoms with E-state index in [2.05, 4.69) is 31.3 Å². The van der Waals surface area contributed by atoms with E-state index in [4.69, 9.17) is 4.74 Å². The number of ether oxygens (including phenoxy) is 1. The maximum atomic E-state index is 11.5. The molecule has 0 saturated heterocycles. The number of rotatable bonds is 4. The van der Waals surface area contributed by atoms with Crippen LogP contribution < -0.4 is 10.1 Å². The molecule has 0 unspecified atom stereocenters. The summed E-state index contributed by atoms with van der Waals surface area (Å²) >= 11 is 0. The van der Waals surface area contributed by atoms with Gasteiger partial charge in [0.25, 0.3) is 5.69 Å². The second kappa shape index (κ2) is 5.63. The van der Waals surface area contributed by atoms with Gasteiger partial charge in [0.15, 0.2) is 0 Å². The van der Waals surface area contributed by atoms with Crippen LogP contribution in [-0.2, 0) is 0 Å². The minimum atomic E-state index is -0.315. The number of nitrogens with one attached hydrogen (secondary N) is 1.